The molecular weight excluding hydrogens is 381 g/mol. The molecule has 0 aromatic heterocycles. The van der Waals surface area contributed by atoms with E-state index < -0.39 is 5.82 Å². The van der Waals surface area contributed by atoms with Crippen LogP contribution < -0.4 is 15.5 Å². The van der Waals surface area contributed by atoms with Crippen molar-refractivity contribution >= 4 is 34.8 Å². The summed E-state index contributed by atoms with van der Waals surface area (Å²) < 4.78 is 14.4. The van der Waals surface area contributed by atoms with Crippen LogP contribution in [0.1, 0.15) is 37.8 Å². The Morgan fingerprint density at radius 3 is 2.61 bits per heavy atom. The van der Waals surface area contributed by atoms with Crippen molar-refractivity contribution in [1.82, 2.24) is 5.32 Å². The van der Waals surface area contributed by atoms with Crippen molar-refractivity contribution in [2.75, 3.05) is 23.3 Å². The summed E-state index contributed by atoms with van der Waals surface area (Å²) in [6.45, 7) is 2.54. The smallest absolute Gasteiger partial charge is 0.239 e. The van der Waals surface area contributed by atoms with Gasteiger partial charge in [-0.3, -0.25) is 9.59 Å². The van der Waals surface area contributed by atoms with E-state index in [0.717, 1.165) is 18.4 Å². The van der Waals surface area contributed by atoms with Gasteiger partial charge in [-0.1, -0.05) is 30.7 Å². The van der Waals surface area contributed by atoms with Crippen LogP contribution in [-0.2, 0) is 9.59 Å². The molecule has 0 aliphatic carbocycles. The van der Waals surface area contributed by atoms with E-state index in [1.165, 1.54) is 11.0 Å². The number of hydrogen-bond acceptors (Lipinski definition) is 3. The third-order valence-electron chi connectivity index (χ3n) is 4.78. The molecule has 148 valence electrons. The molecule has 2 aromatic carbocycles. The highest BCUT2D eigenvalue weighted by molar-refractivity contribution is 6.30. The Hall–Kier alpha value is -2.60. The van der Waals surface area contributed by atoms with Crippen LogP contribution in [0.25, 0.3) is 0 Å². The van der Waals surface area contributed by atoms with Crippen LogP contribution in [0.5, 0.6) is 0 Å². The fraction of sp³-hybridized carbons (Fsp3) is 0.333. The van der Waals surface area contributed by atoms with Crippen molar-refractivity contribution < 1.29 is 14.0 Å². The zero-order valence-electron chi connectivity index (χ0n) is 15.7. The van der Waals surface area contributed by atoms with Gasteiger partial charge in [0.15, 0.2) is 0 Å². The summed E-state index contributed by atoms with van der Waals surface area (Å²) in [5, 5.41) is 6.53. The second-order valence-corrected chi connectivity index (χ2v) is 7.19. The SMILES string of the molecule is CCC(NC(=O)CNc1ccc(N2CCCC2=O)c(F)c1)c1ccc(Cl)cc1. The molecule has 7 heteroatoms. The average molecular weight is 404 g/mol. The van der Waals surface area contributed by atoms with Gasteiger partial charge in [-0.25, -0.2) is 4.39 Å². The predicted molar refractivity (Wildman–Crippen MR) is 109 cm³/mol. The number of nitrogens with zero attached hydrogens (tertiary/aromatic N) is 1. The maximum absolute atomic E-state index is 14.4. The van der Waals surface area contributed by atoms with Gasteiger partial charge in [0.2, 0.25) is 11.8 Å². The summed E-state index contributed by atoms with van der Waals surface area (Å²) in [6, 6.07) is 11.8. The molecule has 1 atom stereocenters. The molecule has 1 heterocycles. The summed E-state index contributed by atoms with van der Waals surface area (Å²) in [6.07, 6.45) is 1.93. The van der Waals surface area contributed by atoms with Crippen LogP contribution in [0.3, 0.4) is 0 Å². The van der Waals surface area contributed by atoms with Gasteiger partial charge in [0.25, 0.3) is 0 Å². The van der Waals surface area contributed by atoms with Crippen LogP contribution in [0.15, 0.2) is 42.5 Å². The number of halogens is 2. The minimum Gasteiger partial charge on any atom is -0.376 e. The Labute approximate surface area is 168 Å². The van der Waals surface area contributed by atoms with Gasteiger partial charge in [-0.2, -0.15) is 0 Å². The fourth-order valence-electron chi connectivity index (χ4n) is 3.28. The van der Waals surface area contributed by atoms with E-state index in [9.17, 15) is 14.0 Å². The zero-order chi connectivity index (χ0) is 20.1. The van der Waals surface area contributed by atoms with Crippen molar-refractivity contribution in [3.8, 4) is 0 Å². The standard InChI is InChI=1S/C21H23ClFN3O2/c1-2-18(14-5-7-15(22)8-6-14)25-20(27)13-24-16-9-10-19(17(23)12-16)26-11-3-4-21(26)28/h5-10,12,18,24H,2-4,11,13H2,1H3,(H,25,27). The first-order valence-corrected chi connectivity index (χ1v) is 9.74. The molecule has 2 N–H and O–H groups in total. The van der Waals surface area contributed by atoms with Crippen molar-refractivity contribution in [3.63, 3.8) is 0 Å². The van der Waals surface area contributed by atoms with Crippen LogP contribution in [-0.4, -0.2) is 24.9 Å². The summed E-state index contributed by atoms with van der Waals surface area (Å²) in [4.78, 5) is 25.5. The molecular formula is C21H23ClFN3O2. The quantitative estimate of drug-likeness (QED) is 0.725. The number of rotatable bonds is 7. The van der Waals surface area contributed by atoms with Gasteiger partial charge >= 0.3 is 0 Å². The summed E-state index contributed by atoms with van der Waals surface area (Å²) >= 11 is 5.91. The second-order valence-electron chi connectivity index (χ2n) is 6.75. The van der Waals surface area contributed by atoms with Gasteiger partial charge in [-0.05, 0) is 48.7 Å². The number of anilines is 2. The Balaban J connectivity index is 1.57. The molecule has 1 aliphatic rings. The highest BCUT2D eigenvalue weighted by Crippen LogP contribution is 2.26. The second kappa shape index (κ2) is 9.06. The van der Waals surface area contributed by atoms with Gasteiger partial charge in [0.1, 0.15) is 5.82 Å². The monoisotopic (exact) mass is 403 g/mol. The molecule has 0 bridgehead atoms. The van der Waals surface area contributed by atoms with Crippen LogP contribution in [0, 0.1) is 5.82 Å². The average Bonchev–Trinajstić information content (AvgIpc) is 3.11. The molecule has 5 nitrogen and oxygen atoms in total. The highest BCUT2D eigenvalue weighted by atomic mass is 35.5. The summed E-state index contributed by atoms with van der Waals surface area (Å²) in [7, 11) is 0. The highest BCUT2D eigenvalue weighted by Gasteiger charge is 2.24. The molecule has 1 unspecified atom stereocenters. The summed E-state index contributed by atoms with van der Waals surface area (Å²) in [5.74, 6) is -0.735. The summed E-state index contributed by atoms with van der Waals surface area (Å²) in [5.41, 5.74) is 1.75. The lowest BCUT2D eigenvalue weighted by Gasteiger charge is -2.19. The van der Waals surface area contributed by atoms with E-state index in [0.29, 0.717) is 23.7 Å². The third-order valence-corrected chi connectivity index (χ3v) is 5.03. The molecule has 1 saturated heterocycles. The Morgan fingerprint density at radius 1 is 1.25 bits per heavy atom. The number of amides is 2. The predicted octanol–water partition coefficient (Wildman–Crippen LogP) is 4.29. The van der Waals surface area contributed by atoms with Gasteiger partial charge in [0, 0.05) is 23.7 Å². The number of benzene rings is 2. The Bertz CT molecular complexity index is 857. The van der Waals surface area contributed by atoms with E-state index in [4.69, 9.17) is 11.6 Å². The molecule has 0 saturated carbocycles. The molecule has 3 rings (SSSR count). The lowest BCUT2D eigenvalue weighted by atomic mass is 10.0. The maximum Gasteiger partial charge on any atom is 0.239 e. The minimum atomic E-state index is -0.478. The first kappa shape index (κ1) is 20.1. The van der Waals surface area contributed by atoms with E-state index in [1.807, 2.05) is 19.1 Å². The molecule has 28 heavy (non-hydrogen) atoms. The molecule has 0 radical (unpaired) electrons. The zero-order valence-corrected chi connectivity index (χ0v) is 16.4. The van der Waals surface area contributed by atoms with E-state index in [1.54, 1.807) is 24.3 Å². The molecule has 0 spiro atoms. The lowest BCUT2D eigenvalue weighted by Crippen LogP contribution is -2.33. The lowest BCUT2D eigenvalue weighted by molar-refractivity contribution is -0.120. The number of hydrogen-bond donors (Lipinski definition) is 2. The molecule has 2 amide bonds. The number of carbonyl (C=O) groups is 2. The van der Waals surface area contributed by atoms with Crippen molar-refractivity contribution in [1.29, 1.82) is 0 Å². The minimum absolute atomic E-state index is 0.0194. The molecule has 2 aromatic rings. The first-order valence-electron chi connectivity index (χ1n) is 9.36. The number of nitrogens with one attached hydrogen (secondary N) is 2. The normalized spacial score (nSPS) is 14.8. The van der Waals surface area contributed by atoms with Crippen molar-refractivity contribution in [2.24, 2.45) is 0 Å². The van der Waals surface area contributed by atoms with Crippen molar-refractivity contribution in [2.45, 2.75) is 32.2 Å². The largest absolute Gasteiger partial charge is 0.376 e. The fourth-order valence-corrected chi connectivity index (χ4v) is 3.41. The van der Waals surface area contributed by atoms with Crippen LogP contribution in [0.2, 0.25) is 5.02 Å². The van der Waals surface area contributed by atoms with Crippen LogP contribution in [0.4, 0.5) is 15.8 Å². The molecule has 1 aliphatic heterocycles. The van der Waals surface area contributed by atoms with Crippen LogP contribution >= 0.6 is 11.6 Å². The Morgan fingerprint density at radius 2 is 2.00 bits per heavy atom. The third kappa shape index (κ3) is 4.81. The van der Waals surface area contributed by atoms with E-state index in [-0.39, 0.29) is 30.1 Å². The Kier molecular flexibility index (Phi) is 6.52. The number of carbonyl (C=O) groups excluding carboxylic acids is 2. The molecule has 1 fully saturated rings. The van der Waals surface area contributed by atoms with E-state index >= 15 is 0 Å². The van der Waals surface area contributed by atoms with E-state index in [2.05, 4.69) is 10.6 Å². The maximum atomic E-state index is 14.4. The van der Waals surface area contributed by atoms with Crippen molar-refractivity contribution in [3.05, 3.63) is 58.9 Å². The first-order chi connectivity index (χ1) is 13.5. The van der Waals surface area contributed by atoms with Gasteiger partial charge in [0.05, 0.1) is 18.3 Å². The topological polar surface area (TPSA) is 61.4 Å². The van der Waals surface area contributed by atoms with Gasteiger partial charge in [-0.15, -0.1) is 0 Å². The van der Waals surface area contributed by atoms with Gasteiger partial charge < -0.3 is 15.5 Å².